The smallest absolute Gasteiger partial charge is 0.294 e. The highest BCUT2D eigenvalue weighted by Crippen LogP contribution is 2.29. The van der Waals surface area contributed by atoms with E-state index in [4.69, 9.17) is 10.5 Å². The Labute approximate surface area is 174 Å². The van der Waals surface area contributed by atoms with E-state index in [1.807, 2.05) is 18.4 Å². The van der Waals surface area contributed by atoms with Crippen molar-refractivity contribution in [3.63, 3.8) is 0 Å². The van der Waals surface area contributed by atoms with Gasteiger partial charge in [0, 0.05) is 10.4 Å². The van der Waals surface area contributed by atoms with Crippen molar-refractivity contribution < 1.29 is 14.2 Å². The highest BCUT2D eigenvalue weighted by atomic mass is 32.1. The molecule has 152 valence electrons. The standard InChI is InChI=1S/C18H16N8O3S/c1-10-6-7-30-13(10)9-20-22-18(27)14-15(11-4-3-5-12(8-11)28-2)26(25-21-14)17-16(19)23-29-24-17/h3-9H,1-2H3,(H2,19,23)(H,22,27)/b20-9-. The van der Waals surface area contributed by atoms with Gasteiger partial charge in [0.05, 0.1) is 13.3 Å². The Morgan fingerprint density at radius 1 is 1.37 bits per heavy atom. The van der Waals surface area contributed by atoms with Crippen LogP contribution < -0.4 is 15.9 Å². The summed E-state index contributed by atoms with van der Waals surface area (Å²) in [6, 6.07) is 9.02. The van der Waals surface area contributed by atoms with E-state index < -0.39 is 5.91 Å². The molecule has 3 aromatic heterocycles. The molecule has 3 heterocycles. The lowest BCUT2D eigenvalue weighted by molar-refractivity contribution is 0.0950. The maximum atomic E-state index is 12.8. The number of hydrogen-bond donors (Lipinski definition) is 2. The Morgan fingerprint density at radius 2 is 2.23 bits per heavy atom. The van der Waals surface area contributed by atoms with Crippen LogP contribution in [-0.4, -0.2) is 44.5 Å². The normalized spacial score (nSPS) is 11.1. The summed E-state index contributed by atoms with van der Waals surface area (Å²) in [6.45, 7) is 1.96. The Balaban J connectivity index is 1.73. The first-order valence-corrected chi connectivity index (χ1v) is 9.52. The summed E-state index contributed by atoms with van der Waals surface area (Å²) in [6.07, 6.45) is 1.58. The Hall–Kier alpha value is -4.06. The quantitative estimate of drug-likeness (QED) is 0.353. The number of thiophene rings is 1. The van der Waals surface area contributed by atoms with E-state index in [0.29, 0.717) is 17.0 Å². The number of hydrazone groups is 1. The van der Waals surface area contributed by atoms with Gasteiger partial charge in [-0.25, -0.2) is 10.1 Å². The molecule has 0 atom stereocenters. The summed E-state index contributed by atoms with van der Waals surface area (Å²) in [5.74, 6) is 0.142. The Kier molecular flexibility index (Phi) is 5.22. The van der Waals surface area contributed by atoms with E-state index in [1.54, 1.807) is 37.6 Å². The molecule has 0 spiro atoms. The molecule has 0 saturated heterocycles. The van der Waals surface area contributed by atoms with Crippen LogP contribution >= 0.6 is 11.3 Å². The lowest BCUT2D eigenvalue weighted by atomic mass is 10.1. The minimum Gasteiger partial charge on any atom is -0.497 e. The van der Waals surface area contributed by atoms with Crippen molar-refractivity contribution in [2.24, 2.45) is 5.10 Å². The molecule has 0 saturated carbocycles. The van der Waals surface area contributed by atoms with Crippen molar-refractivity contribution in [3.05, 3.63) is 51.8 Å². The molecule has 0 unspecified atom stereocenters. The number of anilines is 1. The number of rotatable bonds is 6. The van der Waals surface area contributed by atoms with Gasteiger partial charge in [0.1, 0.15) is 11.4 Å². The van der Waals surface area contributed by atoms with E-state index in [2.05, 4.69) is 35.8 Å². The largest absolute Gasteiger partial charge is 0.497 e. The number of amides is 1. The Morgan fingerprint density at radius 3 is 2.93 bits per heavy atom. The summed E-state index contributed by atoms with van der Waals surface area (Å²) in [5, 5.41) is 21.3. The molecule has 12 heteroatoms. The number of benzene rings is 1. The average molecular weight is 424 g/mol. The second kappa shape index (κ2) is 8.13. The fourth-order valence-electron chi connectivity index (χ4n) is 2.67. The molecule has 0 radical (unpaired) electrons. The zero-order valence-electron chi connectivity index (χ0n) is 15.9. The van der Waals surface area contributed by atoms with Crippen molar-refractivity contribution in [2.75, 3.05) is 12.8 Å². The number of hydrogen-bond acceptors (Lipinski definition) is 10. The summed E-state index contributed by atoms with van der Waals surface area (Å²) in [4.78, 5) is 13.8. The molecular formula is C18H16N8O3S. The van der Waals surface area contributed by atoms with Crippen LogP contribution in [0.5, 0.6) is 5.75 Å². The van der Waals surface area contributed by atoms with Crippen LogP contribution in [0.1, 0.15) is 20.9 Å². The Bertz CT molecular complexity index is 1230. The third kappa shape index (κ3) is 3.63. The van der Waals surface area contributed by atoms with Gasteiger partial charge >= 0.3 is 0 Å². The number of methoxy groups -OCH3 is 1. The number of carbonyl (C=O) groups is 1. The third-order valence-corrected chi connectivity index (χ3v) is 5.13. The molecule has 0 bridgehead atoms. The van der Waals surface area contributed by atoms with Gasteiger partial charge in [0.2, 0.25) is 11.6 Å². The molecule has 1 amide bonds. The second-order valence-electron chi connectivity index (χ2n) is 6.07. The number of aromatic nitrogens is 5. The van der Waals surface area contributed by atoms with E-state index in [1.165, 1.54) is 16.0 Å². The maximum absolute atomic E-state index is 12.8. The number of nitrogens with two attached hydrogens (primary N) is 1. The van der Waals surface area contributed by atoms with Crippen molar-refractivity contribution in [3.8, 4) is 22.8 Å². The fourth-order valence-corrected chi connectivity index (χ4v) is 3.46. The predicted octanol–water partition coefficient (Wildman–Crippen LogP) is 2.04. The molecule has 1 aromatic carbocycles. The van der Waals surface area contributed by atoms with Crippen molar-refractivity contribution in [2.45, 2.75) is 6.92 Å². The highest BCUT2D eigenvalue weighted by Gasteiger charge is 2.25. The van der Waals surface area contributed by atoms with Gasteiger partial charge in [0.25, 0.3) is 5.91 Å². The molecule has 4 aromatic rings. The van der Waals surface area contributed by atoms with Gasteiger partial charge in [-0.3, -0.25) is 4.79 Å². The molecular weight excluding hydrogens is 408 g/mol. The topological polar surface area (TPSA) is 146 Å². The van der Waals surface area contributed by atoms with Crippen LogP contribution in [0.25, 0.3) is 17.1 Å². The summed E-state index contributed by atoms with van der Waals surface area (Å²) in [5.41, 5.74) is 10.3. The van der Waals surface area contributed by atoms with Gasteiger partial charge in [-0.05, 0) is 46.4 Å². The first-order valence-electron chi connectivity index (χ1n) is 8.64. The maximum Gasteiger partial charge on any atom is 0.294 e. The SMILES string of the molecule is COc1cccc(-c2c(C(=O)N/N=C\c3sccc3C)nnn2-c2nonc2N)c1. The first-order chi connectivity index (χ1) is 14.6. The molecule has 0 aliphatic rings. The number of nitrogens with zero attached hydrogens (tertiary/aromatic N) is 6. The van der Waals surface area contributed by atoms with Crippen LogP contribution in [-0.2, 0) is 0 Å². The zero-order valence-corrected chi connectivity index (χ0v) is 16.8. The molecule has 0 aliphatic heterocycles. The number of ether oxygens (including phenoxy) is 1. The number of carbonyl (C=O) groups excluding carboxylic acids is 1. The molecule has 3 N–H and O–H groups in total. The summed E-state index contributed by atoms with van der Waals surface area (Å²) in [7, 11) is 1.54. The minimum absolute atomic E-state index is 0.00203. The van der Waals surface area contributed by atoms with Crippen LogP contribution in [0, 0.1) is 6.92 Å². The van der Waals surface area contributed by atoms with E-state index in [9.17, 15) is 4.79 Å². The van der Waals surface area contributed by atoms with E-state index in [0.717, 1.165) is 10.4 Å². The van der Waals surface area contributed by atoms with Gasteiger partial charge in [-0.2, -0.15) is 9.78 Å². The van der Waals surface area contributed by atoms with Crippen LogP contribution in [0.3, 0.4) is 0 Å². The van der Waals surface area contributed by atoms with Gasteiger partial charge in [0.15, 0.2) is 5.69 Å². The lowest BCUT2D eigenvalue weighted by Gasteiger charge is -2.07. The van der Waals surface area contributed by atoms with E-state index in [-0.39, 0.29) is 17.3 Å². The highest BCUT2D eigenvalue weighted by molar-refractivity contribution is 7.11. The molecule has 0 aliphatic carbocycles. The van der Waals surface area contributed by atoms with Crippen molar-refractivity contribution in [1.82, 2.24) is 30.7 Å². The fraction of sp³-hybridized carbons (Fsp3) is 0.111. The van der Waals surface area contributed by atoms with Gasteiger partial charge < -0.3 is 10.5 Å². The lowest BCUT2D eigenvalue weighted by Crippen LogP contribution is -2.19. The second-order valence-corrected chi connectivity index (χ2v) is 7.02. The summed E-state index contributed by atoms with van der Waals surface area (Å²) >= 11 is 1.52. The van der Waals surface area contributed by atoms with Gasteiger partial charge in [-0.1, -0.05) is 17.3 Å². The van der Waals surface area contributed by atoms with Gasteiger partial charge in [-0.15, -0.1) is 16.4 Å². The van der Waals surface area contributed by atoms with Crippen LogP contribution in [0.4, 0.5) is 5.82 Å². The zero-order chi connectivity index (χ0) is 21.1. The molecule has 30 heavy (non-hydrogen) atoms. The minimum atomic E-state index is -0.556. The average Bonchev–Trinajstić information content (AvgIpc) is 3.47. The molecule has 0 fully saturated rings. The predicted molar refractivity (Wildman–Crippen MR) is 110 cm³/mol. The number of nitrogens with one attached hydrogen (secondary N) is 1. The van der Waals surface area contributed by atoms with Crippen molar-refractivity contribution in [1.29, 1.82) is 0 Å². The summed E-state index contributed by atoms with van der Waals surface area (Å²) < 4.78 is 11.2. The van der Waals surface area contributed by atoms with E-state index >= 15 is 0 Å². The first kappa shape index (κ1) is 19.3. The number of aryl methyl sites for hydroxylation is 1. The van der Waals surface area contributed by atoms with Crippen LogP contribution in [0.15, 0.2) is 45.4 Å². The third-order valence-electron chi connectivity index (χ3n) is 4.17. The molecule has 4 rings (SSSR count). The number of nitrogen functional groups attached to an aromatic ring is 1. The molecule has 11 nitrogen and oxygen atoms in total. The monoisotopic (exact) mass is 424 g/mol. The van der Waals surface area contributed by atoms with Crippen LogP contribution in [0.2, 0.25) is 0 Å². The van der Waals surface area contributed by atoms with Crippen molar-refractivity contribution >= 4 is 29.3 Å².